The van der Waals surface area contributed by atoms with Crippen LogP contribution >= 0.6 is 12.4 Å². The molecular weight excluding hydrogens is 370 g/mol. The fraction of sp³-hybridized carbons (Fsp3) is 0.333. The number of furan rings is 1. The van der Waals surface area contributed by atoms with E-state index < -0.39 is 0 Å². The van der Waals surface area contributed by atoms with Gasteiger partial charge in [0.05, 0.1) is 12.3 Å². The quantitative estimate of drug-likeness (QED) is 0.714. The predicted molar refractivity (Wildman–Crippen MR) is 99.1 cm³/mol. The summed E-state index contributed by atoms with van der Waals surface area (Å²) in [6, 6.07) is 7.41. The van der Waals surface area contributed by atoms with Crippen LogP contribution in [0.15, 0.2) is 51.9 Å². The van der Waals surface area contributed by atoms with E-state index in [0.717, 1.165) is 18.7 Å². The first kappa shape index (κ1) is 19.1. The lowest BCUT2D eigenvalue weighted by Crippen LogP contribution is -2.48. The largest absolute Gasteiger partial charge is 0.461 e. The number of aromatic nitrogens is 3. The van der Waals surface area contributed by atoms with Gasteiger partial charge in [0.15, 0.2) is 5.76 Å². The number of carbonyl (C=O) groups is 1. The molecule has 1 N–H and O–H groups in total. The van der Waals surface area contributed by atoms with Gasteiger partial charge in [0.25, 0.3) is 0 Å². The van der Waals surface area contributed by atoms with Crippen LogP contribution in [-0.4, -0.2) is 45.6 Å². The number of hydrogen-bond donors (Lipinski definition) is 1. The first-order valence-corrected chi connectivity index (χ1v) is 8.58. The summed E-state index contributed by atoms with van der Waals surface area (Å²) in [4.78, 5) is 23.1. The van der Waals surface area contributed by atoms with Crippen LogP contribution < -0.4 is 5.32 Å². The highest BCUT2D eigenvalue weighted by Crippen LogP contribution is 2.23. The highest BCUT2D eigenvalue weighted by molar-refractivity contribution is 5.85. The lowest BCUT2D eigenvalue weighted by molar-refractivity contribution is -0.134. The van der Waals surface area contributed by atoms with Gasteiger partial charge in [-0.3, -0.25) is 9.78 Å². The van der Waals surface area contributed by atoms with Crippen LogP contribution in [0.4, 0.5) is 0 Å². The molecule has 0 bridgehead atoms. The summed E-state index contributed by atoms with van der Waals surface area (Å²) in [6.45, 7) is 2.17. The summed E-state index contributed by atoms with van der Waals surface area (Å²) in [5.41, 5.74) is 1.03. The number of aryl methyl sites for hydroxylation is 1. The maximum absolute atomic E-state index is 12.8. The van der Waals surface area contributed by atoms with E-state index in [1.54, 1.807) is 24.6 Å². The molecule has 1 amide bonds. The van der Waals surface area contributed by atoms with Gasteiger partial charge in [0.2, 0.25) is 17.6 Å². The van der Waals surface area contributed by atoms with Crippen molar-refractivity contribution in [1.82, 2.24) is 25.3 Å². The lowest BCUT2D eigenvalue weighted by atomic mass is 10.0. The lowest BCUT2D eigenvalue weighted by Gasteiger charge is -2.36. The number of amides is 1. The van der Waals surface area contributed by atoms with E-state index in [1.165, 1.54) is 0 Å². The molecule has 4 heterocycles. The van der Waals surface area contributed by atoms with Crippen LogP contribution in [0.2, 0.25) is 0 Å². The van der Waals surface area contributed by atoms with Gasteiger partial charge in [0.1, 0.15) is 0 Å². The number of nitrogens with zero attached hydrogens (tertiary/aromatic N) is 4. The molecule has 1 fully saturated rings. The van der Waals surface area contributed by atoms with Crippen molar-refractivity contribution >= 4 is 18.3 Å². The van der Waals surface area contributed by atoms with E-state index in [1.807, 2.05) is 23.2 Å². The van der Waals surface area contributed by atoms with Gasteiger partial charge in [-0.15, -0.1) is 12.4 Å². The number of halogens is 1. The Morgan fingerprint density at radius 2 is 2.26 bits per heavy atom. The summed E-state index contributed by atoms with van der Waals surface area (Å²) in [5, 5.41) is 7.23. The minimum absolute atomic E-state index is 0. The van der Waals surface area contributed by atoms with Crippen LogP contribution in [0.3, 0.4) is 0 Å². The second kappa shape index (κ2) is 8.79. The molecule has 1 aliphatic heterocycles. The van der Waals surface area contributed by atoms with Gasteiger partial charge in [-0.05, 0) is 23.8 Å². The minimum atomic E-state index is -0.00804. The number of nitrogens with one attached hydrogen (secondary N) is 1. The Bertz CT molecular complexity index is 853. The van der Waals surface area contributed by atoms with Crippen LogP contribution in [0, 0.1) is 0 Å². The van der Waals surface area contributed by atoms with Crippen LogP contribution in [-0.2, 0) is 11.2 Å². The van der Waals surface area contributed by atoms with Crippen molar-refractivity contribution in [3.8, 4) is 11.6 Å². The zero-order valence-electron chi connectivity index (χ0n) is 14.6. The van der Waals surface area contributed by atoms with Crippen molar-refractivity contribution in [2.24, 2.45) is 0 Å². The summed E-state index contributed by atoms with van der Waals surface area (Å²) in [5.74, 6) is 1.44. The SMILES string of the molecule is Cl.O=C(CCc1nc(-c2ccco2)no1)N1CCNCC1c1cccnc1. The number of rotatable bonds is 5. The third kappa shape index (κ3) is 4.35. The van der Waals surface area contributed by atoms with E-state index in [2.05, 4.69) is 20.4 Å². The second-order valence-electron chi connectivity index (χ2n) is 6.08. The van der Waals surface area contributed by atoms with Crippen molar-refractivity contribution in [3.63, 3.8) is 0 Å². The molecule has 27 heavy (non-hydrogen) atoms. The first-order chi connectivity index (χ1) is 12.8. The third-order valence-corrected chi connectivity index (χ3v) is 4.40. The summed E-state index contributed by atoms with van der Waals surface area (Å²) in [7, 11) is 0. The second-order valence-corrected chi connectivity index (χ2v) is 6.08. The van der Waals surface area contributed by atoms with E-state index >= 15 is 0 Å². The Hall–Kier alpha value is -2.71. The van der Waals surface area contributed by atoms with Crippen molar-refractivity contribution in [2.75, 3.05) is 19.6 Å². The molecule has 1 unspecified atom stereocenters. The molecule has 9 heteroatoms. The number of hydrogen-bond acceptors (Lipinski definition) is 7. The molecule has 1 atom stereocenters. The molecule has 3 aromatic rings. The van der Waals surface area contributed by atoms with E-state index in [4.69, 9.17) is 8.94 Å². The van der Waals surface area contributed by atoms with Crippen molar-refractivity contribution in [2.45, 2.75) is 18.9 Å². The molecule has 3 aromatic heterocycles. The maximum atomic E-state index is 12.8. The molecule has 1 aliphatic rings. The summed E-state index contributed by atoms with van der Waals surface area (Å²) >= 11 is 0. The monoisotopic (exact) mass is 389 g/mol. The molecule has 8 nitrogen and oxygen atoms in total. The van der Waals surface area contributed by atoms with E-state index in [0.29, 0.717) is 36.9 Å². The Balaban J connectivity index is 0.00000210. The molecule has 4 rings (SSSR count). The highest BCUT2D eigenvalue weighted by atomic mass is 35.5. The molecule has 142 valence electrons. The average Bonchev–Trinajstić information content (AvgIpc) is 3.38. The zero-order chi connectivity index (χ0) is 17.8. The van der Waals surface area contributed by atoms with Crippen LogP contribution in [0.5, 0.6) is 0 Å². The Labute approximate surface area is 162 Å². The number of piperazine rings is 1. The van der Waals surface area contributed by atoms with Gasteiger partial charge < -0.3 is 19.2 Å². The van der Waals surface area contributed by atoms with Gasteiger partial charge in [-0.25, -0.2) is 0 Å². The summed E-state index contributed by atoms with van der Waals surface area (Å²) < 4.78 is 10.5. The topological polar surface area (TPSA) is 97.3 Å². The van der Waals surface area contributed by atoms with Crippen molar-refractivity contribution in [1.29, 1.82) is 0 Å². The highest BCUT2D eigenvalue weighted by Gasteiger charge is 2.28. The van der Waals surface area contributed by atoms with Gasteiger partial charge in [0, 0.05) is 44.9 Å². The van der Waals surface area contributed by atoms with Crippen LogP contribution in [0.1, 0.15) is 23.9 Å². The molecule has 0 saturated carbocycles. The van der Waals surface area contributed by atoms with Gasteiger partial charge >= 0.3 is 0 Å². The molecule has 1 saturated heterocycles. The standard InChI is InChI=1S/C18H19N5O3.ClH/c24-17(6-5-16-21-18(22-26-16)15-4-2-10-25-15)23-9-8-20-12-14(23)13-3-1-7-19-11-13;/h1-4,7,10-11,14,20H,5-6,8-9,12H2;1H. The molecule has 0 spiro atoms. The fourth-order valence-corrected chi connectivity index (χ4v) is 3.09. The molecule has 0 aromatic carbocycles. The van der Waals surface area contributed by atoms with Gasteiger partial charge in [-0.1, -0.05) is 11.2 Å². The third-order valence-electron chi connectivity index (χ3n) is 4.40. The molecule has 0 radical (unpaired) electrons. The Morgan fingerprint density at radius 3 is 3.04 bits per heavy atom. The number of carbonyl (C=O) groups excluding carboxylic acids is 1. The maximum Gasteiger partial charge on any atom is 0.238 e. The van der Waals surface area contributed by atoms with Crippen LogP contribution in [0.25, 0.3) is 11.6 Å². The summed E-state index contributed by atoms with van der Waals surface area (Å²) in [6.07, 6.45) is 5.81. The number of pyridine rings is 1. The Kier molecular flexibility index (Phi) is 6.20. The normalized spacial score (nSPS) is 16.7. The zero-order valence-corrected chi connectivity index (χ0v) is 15.4. The van der Waals surface area contributed by atoms with E-state index in [9.17, 15) is 4.79 Å². The first-order valence-electron chi connectivity index (χ1n) is 8.58. The van der Waals surface area contributed by atoms with E-state index in [-0.39, 0.29) is 24.4 Å². The van der Waals surface area contributed by atoms with Gasteiger partial charge in [-0.2, -0.15) is 4.98 Å². The predicted octanol–water partition coefficient (Wildman–Crippen LogP) is 2.25. The molecular formula is C18H20ClN5O3. The van der Waals surface area contributed by atoms with Crippen molar-refractivity contribution < 1.29 is 13.7 Å². The fourth-order valence-electron chi connectivity index (χ4n) is 3.09. The molecule has 0 aliphatic carbocycles. The van der Waals surface area contributed by atoms with Crippen molar-refractivity contribution in [3.05, 3.63) is 54.4 Å². The smallest absolute Gasteiger partial charge is 0.238 e. The Morgan fingerprint density at radius 1 is 1.33 bits per heavy atom. The minimum Gasteiger partial charge on any atom is -0.461 e. The average molecular weight is 390 g/mol.